The number of nitrogens with two attached hydrogens (primary N) is 2. The van der Waals surface area contributed by atoms with Crippen molar-refractivity contribution in [2.45, 2.75) is 70.3 Å². The lowest BCUT2D eigenvalue weighted by molar-refractivity contribution is -0.141. The Bertz CT molecular complexity index is 527. The lowest BCUT2D eigenvalue weighted by atomic mass is 10.1. The maximum absolute atomic E-state index is 12.3. The van der Waals surface area contributed by atoms with Gasteiger partial charge < -0.3 is 37.6 Å². The molecule has 0 aromatic rings. The van der Waals surface area contributed by atoms with Gasteiger partial charge in [-0.25, -0.2) is 0 Å². The highest BCUT2D eigenvalue weighted by atomic mass is 16.4. The molecule has 3 amide bonds. The fourth-order valence-corrected chi connectivity index (χ4v) is 2.07. The van der Waals surface area contributed by atoms with Gasteiger partial charge >= 0.3 is 5.97 Å². The number of carboxylic acids is 1. The number of aliphatic hydroxyl groups excluding tert-OH is 1. The second-order valence-corrected chi connectivity index (χ2v) is 6.42. The van der Waals surface area contributed by atoms with Crippen LogP contribution in [0.2, 0.25) is 0 Å². The molecule has 5 atom stereocenters. The van der Waals surface area contributed by atoms with E-state index >= 15 is 0 Å². The molecule has 0 heterocycles. The van der Waals surface area contributed by atoms with Gasteiger partial charge in [0, 0.05) is 0 Å². The van der Waals surface area contributed by atoms with Crippen LogP contribution in [0.3, 0.4) is 0 Å². The Morgan fingerprint density at radius 1 is 0.889 bits per heavy atom. The predicted molar refractivity (Wildman–Crippen MR) is 97.3 cm³/mol. The number of hydrogen-bond donors (Lipinski definition) is 7. The number of aliphatic hydroxyl groups is 1. The number of carbonyl (C=O) groups is 4. The number of amides is 3. The molecule has 0 saturated heterocycles. The van der Waals surface area contributed by atoms with Crippen LogP contribution in [-0.4, -0.2) is 70.7 Å². The van der Waals surface area contributed by atoms with E-state index < -0.39 is 54.0 Å². The molecule has 0 rings (SSSR count). The first-order valence-electron chi connectivity index (χ1n) is 8.78. The lowest BCUT2D eigenvalue weighted by Gasteiger charge is -2.24. The fourth-order valence-electron chi connectivity index (χ4n) is 2.07. The van der Waals surface area contributed by atoms with Crippen LogP contribution in [0.1, 0.15) is 40.0 Å². The summed E-state index contributed by atoms with van der Waals surface area (Å²) in [4.78, 5) is 47.0. The number of hydrogen-bond acceptors (Lipinski definition) is 7. The topological polar surface area (TPSA) is 197 Å². The van der Waals surface area contributed by atoms with Gasteiger partial charge in [-0.15, -0.1) is 0 Å². The minimum absolute atomic E-state index is 0.378. The fraction of sp³-hybridized carbons (Fsp3) is 0.750. The van der Waals surface area contributed by atoms with Crippen LogP contribution in [0.4, 0.5) is 0 Å². The van der Waals surface area contributed by atoms with Gasteiger partial charge in [-0.1, -0.05) is 6.42 Å². The summed E-state index contributed by atoms with van der Waals surface area (Å²) in [6.07, 6.45) is 0.500. The van der Waals surface area contributed by atoms with Gasteiger partial charge in [-0.2, -0.15) is 0 Å². The quantitative estimate of drug-likeness (QED) is 0.176. The normalized spacial score (nSPS) is 16.4. The molecule has 0 aliphatic carbocycles. The first-order valence-corrected chi connectivity index (χ1v) is 8.78. The lowest BCUT2D eigenvalue weighted by Crippen LogP contribution is -2.59. The molecule has 0 aliphatic heterocycles. The maximum Gasteiger partial charge on any atom is 0.325 e. The third-order valence-electron chi connectivity index (χ3n) is 3.85. The summed E-state index contributed by atoms with van der Waals surface area (Å²) in [5.41, 5.74) is 11.1. The molecular formula is C16H31N5O6. The Morgan fingerprint density at radius 3 is 1.93 bits per heavy atom. The molecule has 0 spiro atoms. The summed E-state index contributed by atoms with van der Waals surface area (Å²) in [5.74, 6) is -3.34. The van der Waals surface area contributed by atoms with Crippen molar-refractivity contribution < 1.29 is 29.4 Å². The van der Waals surface area contributed by atoms with Crippen molar-refractivity contribution in [2.24, 2.45) is 11.5 Å². The Morgan fingerprint density at radius 2 is 1.44 bits per heavy atom. The van der Waals surface area contributed by atoms with E-state index in [4.69, 9.17) is 16.6 Å². The van der Waals surface area contributed by atoms with Gasteiger partial charge in [0.1, 0.15) is 18.1 Å². The Hall–Kier alpha value is -2.24. The van der Waals surface area contributed by atoms with E-state index in [1.807, 2.05) is 0 Å². The van der Waals surface area contributed by atoms with Crippen molar-refractivity contribution in [3.05, 3.63) is 0 Å². The van der Waals surface area contributed by atoms with Crippen LogP contribution >= 0.6 is 0 Å². The summed E-state index contributed by atoms with van der Waals surface area (Å²) in [6.45, 7) is 4.41. The van der Waals surface area contributed by atoms with Gasteiger partial charge in [0.05, 0.1) is 12.1 Å². The average molecular weight is 389 g/mol. The van der Waals surface area contributed by atoms with Crippen molar-refractivity contribution in [1.82, 2.24) is 16.0 Å². The van der Waals surface area contributed by atoms with Gasteiger partial charge in [0.15, 0.2) is 0 Å². The molecule has 156 valence electrons. The van der Waals surface area contributed by atoms with E-state index in [1.165, 1.54) is 20.8 Å². The van der Waals surface area contributed by atoms with Crippen molar-refractivity contribution in [1.29, 1.82) is 0 Å². The number of rotatable bonds is 12. The van der Waals surface area contributed by atoms with E-state index in [9.17, 15) is 24.3 Å². The summed E-state index contributed by atoms with van der Waals surface area (Å²) in [6, 6.07) is -4.38. The molecular weight excluding hydrogens is 358 g/mol. The van der Waals surface area contributed by atoms with E-state index in [-0.39, 0.29) is 0 Å². The molecule has 0 bridgehead atoms. The largest absolute Gasteiger partial charge is 0.480 e. The van der Waals surface area contributed by atoms with Crippen LogP contribution in [-0.2, 0) is 19.2 Å². The van der Waals surface area contributed by atoms with Crippen LogP contribution in [0.5, 0.6) is 0 Å². The third-order valence-corrected chi connectivity index (χ3v) is 3.85. The number of aliphatic carboxylic acids is 1. The van der Waals surface area contributed by atoms with E-state index in [0.29, 0.717) is 25.8 Å². The molecule has 27 heavy (non-hydrogen) atoms. The standard InChI is InChI=1S/C16H31N5O6/c1-8(13(23)20-9(2)16(26)27)19-15(25)12(10(3)22)21-14(24)11(18)6-4-5-7-17/h8-12,22H,4-7,17-18H2,1-3H3,(H,19,25)(H,20,23)(H,21,24)(H,26,27). The van der Waals surface area contributed by atoms with E-state index in [0.717, 1.165) is 0 Å². The highest BCUT2D eigenvalue weighted by Crippen LogP contribution is 2.01. The monoisotopic (exact) mass is 389 g/mol. The molecule has 0 radical (unpaired) electrons. The highest BCUT2D eigenvalue weighted by Gasteiger charge is 2.30. The summed E-state index contributed by atoms with van der Waals surface area (Å²) in [7, 11) is 0. The second-order valence-electron chi connectivity index (χ2n) is 6.42. The summed E-state index contributed by atoms with van der Waals surface area (Å²) < 4.78 is 0. The summed E-state index contributed by atoms with van der Waals surface area (Å²) >= 11 is 0. The first-order chi connectivity index (χ1) is 12.5. The molecule has 5 unspecified atom stereocenters. The first kappa shape index (κ1) is 24.8. The van der Waals surface area contributed by atoms with Crippen molar-refractivity contribution in [2.75, 3.05) is 6.54 Å². The summed E-state index contributed by atoms with van der Waals surface area (Å²) in [5, 5.41) is 25.5. The minimum atomic E-state index is -1.31. The van der Waals surface area contributed by atoms with Crippen LogP contribution in [0, 0.1) is 0 Å². The molecule has 0 fully saturated rings. The average Bonchev–Trinajstić information content (AvgIpc) is 2.58. The molecule has 0 aromatic carbocycles. The molecule has 9 N–H and O–H groups in total. The number of unbranched alkanes of at least 4 members (excludes halogenated alkanes) is 1. The number of carbonyl (C=O) groups excluding carboxylic acids is 3. The molecule has 11 nitrogen and oxygen atoms in total. The number of carboxylic acid groups (broad SMARTS) is 1. The molecule has 0 aliphatic rings. The van der Waals surface area contributed by atoms with E-state index in [1.54, 1.807) is 0 Å². The molecule has 0 aromatic heterocycles. The maximum atomic E-state index is 12.3. The Labute approximate surface area is 158 Å². The second kappa shape index (κ2) is 12.2. The number of nitrogens with one attached hydrogen (secondary N) is 3. The van der Waals surface area contributed by atoms with E-state index in [2.05, 4.69) is 16.0 Å². The van der Waals surface area contributed by atoms with Gasteiger partial charge in [-0.05, 0) is 40.2 Å². The SMILES string of the molecule is CC(NC(=O)C(C)NC(=O)C(NC(=O)C(N)CCCCN)C(C)O)C(=O)O. The smallest absolute Gasteiger partial charge is 0.325 e. The predicted octanol–water partition coefficient (Wildman–Crippen LogP) is -2.60. The van der Waals surface area contributed by atoms with Crippen molar-refractivity contribution >= 4 is 23.7 Å². The van der Waals surface area contributed by atoms with Crippen LogP contribution in [0.15, 0.2) is 0 Å². The molecule has 0 saturated carbocycles. The van der Waals surface area contributed by atoms with Gasteiger partial charge in [-0.3, -0.25) is 19.2 Å². The highest BCUT2D eigenvalue weighted by molar-refractivity contribution is 5.94. The molecule has 11 heteroatoms. The van der Waals surface area contributed by atoms with Crippen LogP contribution < -0.4 is 27.4 Å². The van der Waals surface area contributed by atoms with Crippen molar-refractivity contribution in [3.63, 3.8) is 0 Å². The van der Waals surface area contributed by atoms with Crippen molar-refractivity contribution in [3.8, 4) is 0 Å². The van der Waals surface area contributed by atoms with Gasteiger partial charge in [0.25, 0.3) is 0 Å². The third kappa shape index (κ3) is 9.31. The van der Waals surface area contributed by atoms with Crippen LogP contribution in [0.25, 0.3) is 0 Å². The Kier molecular flexibility index (Phi) is 11.2. The Balaban J connectivity index is 4.76. The minimum Gasteiger partial charge on any atom is -0.480 e. The zero-order chi connectivity index (χ0) is 21.1. The van der Waals surface area contributed by atoms with Gasteiger partial charge in [0.2, 0.25) is 17.7 Å². The zero-order valence-corrected chi connectivity index (χ0v) is 15.9. The zero-order valence-electron chi connectivity index (χ0n) is 15.9.